The van der Waals surface area contributed by atoms with E-state index in [0.717, 1.165) is 26.3 Å². The van der Waals surface area contributed by atoms with Gasteiger partial charge in [0.2, 0.25) is 21.9 Å². The number of amides is 1. The minimum atomic E-state index is -4.89. The number of halogens is 3. The number of sulfonamides is 1. The van der Waals surface area contributed by atoms with Gasteiger partial charge in [-0.1, -0.05) is 0 Å². The van der Waals surface area contributed by atoms with Crippen molar-refractivity contribution in [1.82, 2.24) is 24.8 Å². The van der Waals surface area contributed by atoms with Crippen molar-refractivity contribution in [3.05, 3.63) is 22.7 Å². The number of fused-ring (bicyclic) bond motifs is 1. The third-order valence-corrected chi connectivity index (χ3v) is 8.74. The van der Waals surface area contributed by atoms with Crippen molar-refractivity contribution in [3.8, 4) is 17.1 Å². The van der Waals surface area contributed by atoms with E-state index in [4.69, 9.17) is 19.4 Å². The summed E-state index contributed by atoms with van der Waals surface area (Å²) in [5.41, 5.74) is 2.90. The maximum atomic E-state index is 12.9. The molecule has 0 bridgehead atoms. The fourth-order valence-electron chi connectivity index (χ4n) is 4.94. The summed E-state index contributed by atoms with van der Waals surface area (Å²) in [6.45, 7) is 5.11. The molecule has 2 fully saturated rings. The number of methoxy groups -OCH3 is 1. The number of carbonyl (C=O) groups is 1. The van der Waals surface area contributed by atoms with Crippen LogP contribution in [-0.4, -0.2) is 111 Å². The maximum Gasteiger partial charge on any atom is 0.471 e. The van der Waals surface area contributed by atoms with Crippen molar-refractivity contribution in [1.29, 1.82) is 0 Å². The van der Waals surface area contributed by atoms with Crippen LogP contribution in [0.4, 0.5) is 24.8 Å². The van der Waals surface area contributed by atoms with Gasteiger partial charge in [-0.3, -0.25) is 14.4 Å². The van der Waals surface area contributed by atoms with Crippen molar-refractivity contribution >= 4 is 49.1 Å². The number of piperazine rings is 1. The SMILES string of the molecule is COc1ncc(-c2nc(N3CCOCC3)nc3c(CN4CCN(C(=O)C(F)(F)F)CC4)c(C)sc23)cc1NS(C)(=O)=O. The third-order valence-electron chi connectivity index (χ3n) is 7.01. The Bertz CT molecular complexity index is 1590. The molecule has 0 aromatic carbocycles. The lowest BCUT2D eigenvalue weighted by molar-refractivity contribution is -0.187. The van der Waals surface area contributed by atoms with Crippen LogP contribution in [0.15, 0.2) is 12.3 Å². The standard InChI is InChI=1S/C25H30F3N7O5S2/c1-15-17(14-33-4-6-34(7-5-33)23(36)25(26,27)28)20-21(41-15)19(30-24(31-20)35-8-10-40-11-9-35)16-12-18(32-42(3,37)38)22(39-2)29-13-16/h12-13,32H,4-11,14H2,1-3H3. The Morgan fingerprint density at radius 3 is 2.45 bits per heavy atom. The van der Waals surface area contributed by atoms with E-state index in [0.29, 0.717) is 55.6 Å². The molecule has 3 aromatic rings. The fraction of sp³-hybridized carbons (Fsp3) is 0.520. The molecule has 42 heavy (non-hydrogen) atoms. The number of thiophene rings is 1. The van der Waals surface area contributed by atoms with E-state index in [1.165, 1.54) is 18.4 Å². The minimum Gasteiger partial charge on any atom is -0.480 e. The molecule has 0 spiro atoms. The Labute approximate surface area is 244 Å². The number of ether oxygens (including phenoxy) is 2. The zero-order valence-electron chi connectivity index (χ0n) is 23.2. The highest BCUT2D eigenvalue weighted by molar-refractivity contribution is 7.92. The van der Waals surface area contributed by atoms with Gasteiger partial charge in [-0.05, 0) is 13.0 Å². The van der Waals surface area contributed by atoms with Crippen LogP contribution in [0.5, 0.6) is 5.88 Å². The number of carbonyl (C=O) groups excluding carboxylic acids is 1. The quantitative estimate of drug-likeness (QED) is 0.416. The Morgan fingerprint density at radius 1 is 1.14 bits per heavy atom. The van der Waals surface area contributed by atoms with Crippen LogP contribution in [0, 0.1) is 6.92 Å². The van der Waals surface area contributed by atoms with Gasteiger partial charge in [0.1, 0.15) is 5.69 Å². The van der Waals surface area contributed by atoms with Gasteiger partial charge in [-0.25, -0.2) is 23.4 Å². The van der Waals surface area contributed by atoms with E-state index in [1.54, 1.807) is 12.3 Å². The van der Waals surface area contributed by atoms with E-state index in [9.17, 15) is 26.4 Å². The lowest BCUT2D eigenvalue weighted by Crippen LogP contribution is -2.52. The second-order valence-electron chi connectivity index (χ2n) is 10.0. The molecule has 2 aliphatic heterocycles. The lowest BCUT2D eigenvalue weighted by Gasteiger charge is -2.35. The molecule has 1 amide bonds. The summed E-state index contributed by atoms with van der Waals surface area (Å²) in [7, 11) is -2.24. The van der Waals surface area contributed by atoms with Crippen molar-refractivity contribution in [2.45, 2.75) is 19.6 Å². The Hall–Kier alpha value is -3.28. The molecular weight excluding hydrogens is 599 g/mol. The first kappa shape index (κ1) is 30.2. The molecule has 0 atom stereocenters. The molecule has 0 saturated carbocycles. The molecule has 0 aliphatic carbocycles. The van der Waals surface area contributed by atoms with Crippen LogP contribution in [0.3, 0.4) is 0 Å². The predicted molar refractivity (Wildman–Crippen MR) is 151 cm³/mol. The average Bonchev–Trinajstić information content (AvgIpc) is 3.26. The Morgan fingerprint density at radius 2 is 1.83 bits per heavy atom. The van der Waals surface area contributed by atoms with Crippen LogP contribution in [-0.2, 0) is 26.1 Å². The van der Waals surface area contributed by atoms with Crippen molar-refractivity contribution in [3.63, 3.8) is 0 Å². The third kappa shape index (κ3) is 6.53. The first-order valence-corrected chi connectivity index (χ1v) is 15.8. The predicted octanol–water partition coefficient (Wildman–Crippen LogP) is 2.48. The number of pyridine rings is 1. The molecule has 2 aliphatic rings. The normalized spacial score (nSPS) is 17.1. The molecule has 17 heteroatoms. The van der Waals surface area contributed by atoms with Crippen LogP contribution in [0.1, 0.15) is 10.4 Å². The number of aryl methyl sites for hydroxylation is 1. The van der Waals surface area contributed by atoms with Crippen molar-refractivity contribution in [2.75, 3.05) is 75.5 Å². The number of nitrogens with zero attached hydrogens (tertiary/aromatic N) is 6. The number of alkyl halides is 3. The number of morpholine rings is 1. The largest absolute Gasteiger partial charge is 0.480 e. The summed E-state index contributed by atoms with van der Waals surface area (Å²) in [5, 5.41) is 0. The average molecular weight is 630 g/mol. The summed E-state index contributed by atoms with van der Waals surface area (Å²) in [4.78, 5) is 31.6. The van der Waals surface area contributed by atoms with Gasteiger partial charge in [-0.15, -0.1) is 11.3 Å². The summed E-state index contributed by atoms with van der Waals surface area (Å²) < 4.78 is 76.7. The van der Waals surface area contributed by atoms with E-state index in [-0.39, 0.29) is 37.7 Å². The number of nitrogens with one attached hydrogen (secondary N) is 1. The molecular formula is C25H30F3N7O5S2. The first-order chi connectivity index (χ1) is 19.8. The monoisotopic (exact) mass is 629 g/mol. The fourth-order valence-corrected chi connectivity index (χ4v) is 6.60. The van der Waals surface area contributed by atoms with Gasteiger partial charge >= 0.3 is 12.1 Å². The highest BCUT2D eigenvalue weighted by Crippen LogP contribution is 2.39. The van der Waals surface area contributed by atoms with Gasteiger partial charge in [0.25, 0.3) is 0 Å². The number of hydrogen-bond acceptors (Lipinski definition) is 11. The second-order valence-corrected chi connectivity index (χ2v) is 13.0. The molecule has 228 valence electrons. The Balaban J connectivity index is 1.53. The molecule has 1 N–H and O–H groups in total. The second kappa shape index (κ2) is 11.8. The highest BCUT2D eigenvalue weighted by atomic mass is 32.2. The molecule has 5 rings (SSSR count). The van der Waals surface area contributed by atoms with E-state index < -0.39 is 22.1 Å². The van der Waals surface area contributed by atoms with Crippen LogP contribution in [0.2, 0.25) is 0 Å². The van der Waals surface area contributed by atoms with Gasteiger partial charge in [0.05, 0.1) is 42.5 Å². The van der Waals surface area contributed by atoms with Crippen molar-refractivity contribution in [2.24, 2.45) is 0 Å². The van der Waals surface area contributed by atoms with E-state index in [2.05, 4.69) is 9.71 Å². The number of anilines is 2. The molecule has 0 unspecified atom stereocenters. The summed E-state index contributed by atoms with van der Waals surface area (Å²) in [6, 6.07) is 1.61. The summed E-state index contributed by atoms with van der Waals surface area (Å²) in [6.07, 6.45) is -2.30. The number of hydrogen-bond donors (Lipinski definition) is 1. The van der Waals surface area contributed by atoms with Gasteiger partial charge < -0.3 is 19.3 Å². The topological polar surface area (TPSA) is 130 Å². The van der Waals surface area contributed by atoms with Crippen LogP contribution >= 0.6 is 11.3 Å². The smallest absolute Gasteiger partial charge is 0.471 e. The van der Waals surface area contributed by atoms with Gasteiger partial charge in [0, 0.05) is 68.0 Å². The van der Waals surface area contributed by atoms with E-state index >= 15 is 0 Å². The molecule has 3 aromatic heterocycles. The maximum absolute atomic E-state index is 12.9. The van der Waals surface area contributed by atoms with E-state index in [1.807, 2.05) is 16.7 Å². The molecule has 5 heterocycles. The highest BCUT2D eigenvalue weighted by Gasteiger charge is 2.43. The van der Waals surface area contributed by atoms with Crippen LogP contribution in [0.25, 0.3) is 21.5 Å². The zero-order valence-corrected chi connectivity index (χ0v) is 24.8. The minimum absolute atomic E-state index is 0.0215. The Kier molecular flexibility index (Phi) is 8.46. The number of rotatable bonds is 7. The molecule has 0 radical (unpaired) electrons. The van der Waals surface area contributed by atoms with Crippen LogP contribution < -0.4 is 14.4 Å². The first-order valence-electron chi connectivity index (χ1n) is 13.1. The number of aromatic nitrogens is 3. The van der Waals surface area contributed by atoms with Gasteiger partial charge in [-0.2, -0.15) is 13.2 Å². The zero-order chi connectivity index (χ0) is 30.2. The molecule has 2 saturated heterocycles. The van der Waals surface area contributed by atoms with Gasteiger partial charge in [0.15, 0.2) is 0 Å². The summed E-state index contributed by atoms with van der Waals surface area (Å²) >= 11 is 1.48. The molecule has 12 nitrogen and oxygen atoms in total. The van der Waals surface area contributed by atoms with Crippen molar-refractivity contribution < 1.29 is 35.9 Å². The lowest BCUT2D eigenvalue weighted by atomic mass is 10.1. The summed E-state index contributed by atoms with van der Waals surface area (Å²) in [5.74, 6) is -1.23.